The molecule has 3 nitrogen and oxygen atoms in total. The molecular weight excluding hydrogens is 216 g/mol. The van der Waals surface area contributed by atoms with Crippen LogP contribution in [0.3, 0.4) is 0 Å². The highest BCUT2D eigenvalue weighted by atomic mass is 16.3. The molecule has 2 aromatic carbocycles. The second kappa shape index (κ2) is 3.35. The predicted octanol–water partition coefficient (Wildman–Crippen LogP) is 2.96. The first-order valence-corrected chi connectivity index (χ1v) is 5.32. The van der Waals surface area contributed by atoms with Gasteiger partial charge in [0.05, 0.1) is 10.8 Å². The minimum atomic E-state index is -0.114. The molecule has 1 aromatic heterocycles. The van der Waals surface area contributed by atoms with Gasteiger partial charge in [-0.1, -0.05) is 12.1 Å². The van der Waals surface area contributed by atoms with Crippen LogP contribution in [0.1, 0.15) is 5.56 Å². The molecule has 0 saturated heterocycles. The van der Waals surface area contributed by atoms with Crippen LogP contribution in [-0.2, 0) is 0 Å². The van der Waals surface area contributed by atoms with E-state index < -0.39 is 0 Å². The second-order valence-corrected chi connectivity index (χ2v) is 4.06. The highest BCUT2D eigenvalue weighted by molar-refractivity contribution is 5.90. The van der Waals surface area contributed by atoms with Crippen LogP contribution in [0.5, 0.6) is 5.75 Å². The summed E-state index contributed by atoms with van der Waals surface area (Å²) in [7, 11) is 0. The van der Waals surface area contributed by atoms with Gasteiger partial charge >= 0.3 is 0 Å². The Bertz CT molecular complexity index is 784. The lowest BCUT2D eigenvalue weighted by Crippen LogP contribution is -2.01. The standard InChI is InChI=1S/C14H10O3/c1-8-6-13-10(7-11(8)15)14(16)9-4-2-3-5-12(9)17-13/h2-7,15H,1H3. The number of rotatable bonds is 0. The predicted molar refractivity (Wildman–Crippen MR) is 66.4 cm³/mol. The Morgan fingerprint density at radius 1 is 1.06 bits per heavy atom. The van der Waals surface area contributed by atoms with Gasteiger partial charge in [0.2, 0.25) is 5.43 Å². The summed E-state index contributed by atoms with van der Waals surface area (Å²) in [6.07, 6.45) is 0. The van der Waals surface area contributed by atoms with Gasteiger partial charge in [0, 0.05) is 0 Å². The van der Waals surface area contributed by atoms with E-state index in [0.29, 0.717) is 27.5 Å². The first-order valence-electron chi connectivity index (χ1n) is 5.32. The maximum absolute atomic E-state index is 12.2. The quantitative estimate of drug-likeness (QED) is 0.599. The topological polar surface area (TPSA) is 50.4 Å². The fourth-order valence-corrected chi connectivity index (χ4v) is 1.94. The molecule has 0 bridgehead atoms. The maximum Gasteiger partial charge on any atom is 0.200 e. The van der Waals surface area contributed by atoms with E-state index in [9.17, 15) is 9.90 Å². The zero-order valence-electron chi connectivity index (χ0n) is 9.23. The van der Waals surface area contributed by atoms with Crippen LogP contribution in [0, 0.1) is 6.92 Å². The van der Waals surface area contributed by atoms with Crippen LogP contribution < -0.4 is 5.43 Å². The summed E-state index contributed by atoms with van der Waals surface area (Å²) in [5, 5.41) is 10.6. The van der Waals surface area contributed by atoms with Crippen LogP contribution >= 0.6 is 0 Å². The molecule has 0 radical (unpaired) electrons. The molecule has 0 atom stereocenters. The average Bonchev–Trinajstić information content (AvgIpc) is 2.32. The third-order valence-corrected chi connectivity index (χ3v) is 2.89. The maximum atomic E-state index is 12.2. The molecule has 3 aromatic rings. The molecule has 1 N–H and O–H groups in total. The summed E-state index contributed by atoms with van der Waals surface area (Å²) in [6.45, 7) is 1.77. The molecule has 0 saturated carbocycles. The van der Waals surface area contributed by atoms with Gasteiger partial charge in [0.25, 0.3) is 0 Å². The summed E-state index contributed by atoms with van der Waals surface area (Å²) in [5.41, 5.74) is 1.65. The van der Waals surface area contributed by atoms with Crippen LogP contribution in [0.2, 0.25) is 0 Å². The average molecular weight is 226 g/mol. The summed E-state index contributed by atoms with van der Waals surface area (Å²) in [6, 6.07) is 10.2. The smallest absolute Gasteiger partial charge is 0.200 e. The van der Waals surface area contributed by atoms with Crippen LogP contribution in [-0.4, -0.2) is 5.11 Å². The van der Waals surface area contributed by atoms with E-state index in [1.165, 1.54) is 6.07 Å². The zero-order chi connectivity index (χ0) is 12.0. The minimum Gasteiger partial charge on any atom is -0.508 e. The van der Waals surface area contributed by atoms with Crippen molar-refractivity contribution in [2.45, 2.75) is 6.92 Å². The molecular formula is C14H10O3. The Labute approximate surface area is 96.9 Å². The molecule has 0 fully saturated rings. The van der Waals surface area contributed by atoms with Gasteiger partial charge in [0.1, 0.15) is 16.9 Å². The van der Waals surface area contributed by atoms with Crippen molar-refractivity contribution in [3.05, 3.63) is 52.2 Å². The molecule has 0 aliphatic rings. The SMILES string of the molecule is Cc1cc2oc3ccccc3c(=O)c2cc1O. The lowest BCUT2D eigenvalue weighted by atomic mass is 10.1. The van der Waals surface area contributed by atoms with Gasteiger partial charge in [-0.05, 0) is 36.8 Å². The summed E-state index contributed by atoms with van der Waals surface area (Å²) < 4.78 is 5.65. The van der Waals surface area contributed by atoms with Crippen molar-refractivity contribution in [1.82, 2.24) is 0 Å². The van der Waals surface area contributed by atoms with Crippen molar-refractivity contribution >= 4 is 21.9 Å². The largest absolute Gasteiger partial charge is 0.508 e. The van der Waals surface area contributed by atoms with E-state index in [0.717, 1.165) is 0 Å². The van der Waals surface area contributed by atoms with Crippen molar-refractivity contribution in [2.75, 3.05) is 0 Å². The molecule has 3 heteroatoms. The number of hydrogen-bond acceptors (Lipinski definition) is 3. The number of para-hydroxylation sites is 1. The fourth-order valence-electron chi connectivity index (χ4n) is 1.94. The number of fused-ring (bicyclic) bond motifs is 2. The van der Waals surface area contributed by atoms with E-state index in [1.54, 1.807) is 31.2 Å². The Hall–Kier alpha value is -2.29. The number of phenols is 1. The first-order chi connectivity index (χ1) is 8.16. The molecule has 0 spiro atoms. The summed E-state index contributed by atoms with van der Waals surface area (Å²) >= 11 is 0. The number of aromatic hydroxyl groups is 1. The van der Waals surface area contributed by atoms with Crippen LogP contribution in [0.15, 0.2) is 45.6 Å². The van der Waals surface area contributed by atoms with E-state index >= 15 is 0 Å². The third kappa shape index (κ3) is 1.40. The molecule has 0 aliphatic heterocycles. The third-order valence-electron chi connectivity index (χ3n) is 2.89. The summed E-state index contributed by atoms with van der Waals surface area (Å²) in [4.78, 5) is 12.2. The Balaban J connectivity index is 2.60. The minimum absolute atomic E-state index is 0.111. The molecule has 17 heavy (non-hydrogen) atoms. The Morgan fingerprint density at radius 3 is 2.65 bits per heavy atom. The zero-order valence-corrected chi connectivity index (χ0v) is 9.23. The van der Waals surface area contributed by atoms with Gasteiger partial charge in [-0.3, -0.25) is 4.79 Å². The normalized spacial score (nSPS) is 11.1. The first kappa shape index (κ1) is 9.90. The van der Waals surface area contributed by atoms with E-state index in [-0.39, 0.29) is 11.2 Å². The summed E-state index contributed by atoms with van der Waals surface area (Å²) in [5.74, 6) is 0.111. The van der Waals surface area contributed by atoms with Crippen molar-refractivity contribution in [1.29, 1.82) is 0 Å². The fraction of sp³-hybridized carbons (Fsp3) is 0.0714. The molecule has 0 unspecified atom stereocenters. The number of phenolic OH excluding ortho intramolecular Hbond substituents is 1. The van der Waals surface area contributed by atoms with E-state index in [1.807, 2.05) is 6.07 Å². The van der Waals surface area contributed by atoms with Crippen molar-refractivity contribution in [3.8, 4) is 5.75 Å². The Morgan fingerprint density at radius 2 is 1.82 bits per heavy atom. The van der Waals surface area contributed by atoms with Gasteiger partial charge in [-0.15, -0.1) is 0 Å². The molecule has 84 valence electrons. The van der Waals surface area contributed by atoms with Crippen LogP contribution in [0.4, 0.5) is 0 Å². The number of benzene rings is 2. The van der Waals surface area contributed by atoms with Crippen molar-refractivity contribution < 1.29 is 9.52 Å². The van der Waals surface area contributed by atoms with Gasteiger partial charge in [-0.25, -0.2) is 0 Å². The van der Waals surface area contributed by atoms with E-state index in [2.05, 4.69) is 0 Å². The van der Waals surface area contributed by atoms with Gasteiger partial charge in [-0.2, -0.15) is 0 Å². The monoisotopic (exact) mass is 226 g/mol. The Kier molecular flexibility index (Phi) is 1.95. The molecule has 0 amide bonds. The second-order valence-electron chi connectivity index (χ2n) is 4.06. The number of aryl methyl sites for hydroxylation is 1. The van der Waals surface area contributed by atoms with Crippen molar-refractivity contribution in [3.63, 3.8) is 0 Å². The van der Waals surface area contributed by atoms with Crippen molar-refractivity contribution in [2.24, 2.45) is 0 Å². The van der Waals surface area contributed by atoms with E-state index in [4.69, 9.17) is 4.42 Å². The van der Waals surface area contributed by atoms with Gasteiger partial charge in [0.15, 0.2) is 0 Å². The molecule has 3 rings (SSSR count). The lowest BCUT2D eigenvalue weighted by Gasteiger charge is -2.03. The van der Waals surface area contributed by atoms with Gasteiger partial charge < -0.3 is 9.52 Å². The molecule has 1 heterocycles. The molecule has 0 aliphatic carbocycles. The number of hydrogen-bond donors (Lipinski definition) is 1. The highest BCUT2D eigenvalue weighted by Gasteiger charge is 2.09. The van der Waals surface area contributed by atoms with Crippen LogP contribution in [0.25, 0.3) is 21.9 Å². The highest BCUT2D eigenvalue weighted by Crippen LogP contribution is 2.25. The lowest BCUT2D eigenvalue weighted by molar-refractivity contribution is 0.471.